The van der Waals surface area contributed by atoms with E-state index in [0.29, 0.717) is 35.4 Å². The highest BCUT2D eigenvalue weighted by Crippen LogP contribution is 2.31. The van der Waals surface area contributed by atoms with Gasteiger partial charge in [0.25, 0.3) is 0 Å². The summed E-state index contributed by atoms with van der Waals surface area (Å²) in [6.07, 6.45) is 0.890. The van der Waals surface area contributed by atoms with Crippen LogP contribution < -0.4 is 14.2 Å². The third kappa shape index (κ3) is 6.47. The lowest BCUT2D eigenvalue weighted by molar-refractivity contribution is -0.253. The molecule has 3 aromatic carbocycles. The second-order valence-corrected chi connectivity index (χ2v) is 8.02. The van der Waals surface area contributed by atoms with Gasteiger partial charge >= 0.3 is 5.97 Å². The highest BCUT2D eigenvalue weighted by atomic mass is 31.1. The number of para-hydroxylation sites is 3. The van der Waals surface area contributed by atoms with Crippen LogP contribution in [0.25, 0.3) is 0 Å². The average Bonchev–Trinajstić information content (AvgIpc) is 2.75. The van der Waals surface area contributed by atoms with Crippen molar-refractivity contribution in [3.8, 4) is 17.2 Å². The van der Waals surface area contributed by atoms with Crippen molar-refractivity contribution in [2.75, 3.05) is 6.16 Å². The standard InChI is InChI=1S/C25H25O4P/c1-20(2)24(26)30-19-18-25(27-21-12-6-3-7-13-21,28-22-14-8-4-9-15-22)29-23-16-10-5-11-17-23/h3-17,30H,1,18-19H2,2H3. The van der Waals surface area contributed by atoms with Gasteiger partial charge in [0.05, 0.1) is 6.42 Å². The second-order valence-electron chi connectivity index (χ2n) is 6.71. The SMILES string of the molecule is C=C(C)C(=O)PCCC(Oc1ccccc1)(Oc1ccccc1)Oc1ccccc1. The molecule has 0 fully saturated rings. The number of hydrogen-bond acceptors (Lipinski definition) is 4. The van der Waals surface area contributed by atoms with Gasteiger partial charge in [-0.15, -0.1) is 0 Å². The maximum absolute atomic E-state index is 12.1. The number of rotatable bonds is 11. The molecule has 0 aliphatic rings. The zero-order valence-corrected chi connectivity index (χ0v) is 17.9. The topological polar surface area (TPSA) is 44.8 Å². The molecule has 5 heteroatoms. The highest BCUT2D eigenvalue weighted by molar-refractivity contribution is 7.58. The van der Waals surface area contributed by atoms with Crippen LogP contribution >= 0.6 is 8.58 Å². The van der Waals surface area contributed by atoms with Crippen molar-refractivity contribution in [3.05, 3.63) is 103 Å². The molecule has 1 unspecified atom stereocenters. The van der Waals surface area contributed by atoms with Crippen LogP contribution in [0.3, 0.4) is 0 Å². The first-order valence-corrected chi connectivity index (χ1v) is 10.9. The van der Waals surface area contributed by atoms with Crippen molar-refractivity contribution in [2.24, 2.45) is 0 Å². The Kier molecular flexibility index (Phi) is 7.64. The average molecular weight is 420 g/mol. The van der Waals surface area contributed by atoms with E-state index in [-0.39, 0.29) is 14.1 Å². The van der Waals surface area contributed by atoms with Crippen LogP contribution in [0.5, 0.6) is 17.2 Å². The van der Waals surface area contributed by atoms with E-state index >= 15 is 0 Å². The van der Waals surface area contributed by atoms with Gasteiger partial charge in [-0.25, -0.2) is 0 Å². The Morgan fingerprint density at radius 2 is 1.13 bits per heavy atom. The smallest absolute Gasteiger partial charge is 0.417 e. The third-order valence-electron chi connectivity index (χ3n) is 4.15. The predicted molar refractivity (Wildman–Crippen MR) is 122 cm³/mol. The fraction of sp³-hybridized carbons (Fsp3) is 0.160. The monoisotopic (exact) mass is 420 g/mol. The van der Waals surface area contributed by atoms with Crippen molar-refractivity contribution >= 4 is 14.1 Å². The molecule has 0 aliphatic carbocycles. The van der Waals surface area contributed by atoms with Crippen LogP contribution in [0.15, 0.2) is 103 Å². The molecule has 0 heterocycles. The van der Waals surface area contributed by atoms with Crippen molar-refractivity contribution in [1.29, 1.82) is 0 Å². The summed E-state index contributed by atoms with van der Waals surface area (Å²) >= 11 is 0. The maximum Gasteiger partial charge on any atom is 0.417 e. The van der Waals surface area contributed by atoms with E-state index in [0.717, 1.165) is 0 Å². The second kappa shape index (κ2) is 10.6. The maximum atomic E-state index is 12.1. The van der Waals surface area contributed by atoms with Gasteiger partial charge in [-0.05, 0) is 63.6 Å². The Morgan fingerprint density at radius 1 is 0.767 bits per heavy atom. The first kappa shape index (κ1) is 21.6. The first-order chi connectivity index (χ1) is 14.6. The van der Waals surface area contributed by atoms with Crippen LogP contribution in [-0.4, -0.2) is 17.7 Å². The molecule has 0 aliphatic heterocycles. The van der Waals surface area contributed by atoms with Crippen LogP contribution in [-0.2, 0) is 4.79 Å². The molecule has 0 N–H and O–H groups in total. The van der Waals surface area contributed by atoms with Gasteiger partial charge in [-0.3, -0.25) is 4.79 Å². The molecule has 0 aromatic heterocycles. The van der Waals surface area contributed by atoms with Crippen LogP contribution in [0, 0.1) is 0 Å². The van der Waals surface area contributed by atoms with Crippen LogP contribution in [0.1, 0.15) is 13.3 Å². The zero-order chi connectivity index (χ0) is 21.2. The fourth-order valence-corrected chi connectivity index (χ4v) is 3.66. The molecule has 4 nitrogen and oxygen atoms in total. The minimum absolute atomic E-state index is 0.0445. The number of carbonyl (C=O) groups excluding carboxylic acids is 1. The van der Waals surface area contributed by atoms with E-state index in [1.807, 2.05) is 91.0 Å². The molecule has 154 valence electrons. The van der Waals surface area contributed by atoms with E-state index in [9.17, 15) is 4.79 Å². The van der Waals surface area contributed by atoms with Crippen LogP contribution in [0.4, 0.5) is 0 Å². The third-order valence-corrected chi connectivity index (χ3v) is 5.40. The van der Waals surface area contributed by atoms with Gasteiger partial charge in [0.15, 0.2) is 5.52 Å². The lowest BCUT2D eigenvalue weighted by Crippen LogP contribution is -2.49. The van der Waals surface area contributed by atoms with Crippen molar-refractivity contribution in [3.63, 3.8) is 0 Å². The Balaban J connectivity index is 1.92. The molecular weight excluding hydrogens is 395 g/mol. The van der Waals surface area contributed by atoms with Crippen molar-refractivity contribution in [2.45, 2.75) is 19.3 Å². The lowest BCUT2D eigenvalue weighted by atomic mass is 10.3. The molecule has 3 rings (SSSR count). The molecule has 0 saturated carbocycles. The lowest BCUT2D eigenvalue weighted by Gasteiger charge is -2.34. The summed E-state index contributed by atoms with van der Waals surface area (Å²) in [7, 11) is 0.0636. The Morgan fingerprint density at radius 3 is 1.47 bits per heavy atom. The zero-order valence-electron chi connectivity index (χ0n) is 16.9. The number of ether oxygens (including phenoxy) is 3. The first-order valence-electron chi connectivity index (χ1n) is 9.72. The van der Waals surface area contributed by atoms with Gasteiger partial charge in [0, 0.05) is 0 Å². The van der Waals surface area contributed by atoms with Crippen LogP contribution in [0.2, 0.25) is 0 Å². The molecule has 0 amide bonds. The summed E-state index contributed by atoms with van der Waals surface area (Å²) in [5.74, 6) is 0.392. The van der Waals surface area contributed by atoms with Crippen molar-refractivity contribution < 1.29 is 19.0 Å². The molecule has 0 radical (unpaired) electrons. The molecule has 0 saturated heterocycles. The van der Waals surface area contributed by atoms with Gasteiger partial charge in [0.2, 0.25) is 0 Å². The fourth-order valence-electron chi connectivity index (χ4n) is 2.70. The summed E-state index contributed by atoms with van der Waals surface area (Å²) in [6.45, 7) is 5.46. The van der Waals surface area contributed by atoms with Gasteiger partial charge in [-0.2, -0.15) is 0 Å². The van der Waals surface area contributed by atoms with E-state index in [2.05, 4.69) is 6.58 Å². The molecule has 0 bridgehead atoms. The molecule has 1 atom stereocenters. The Bertz CT molecular complexity index is 841. The highest BCUT2D eigenvalue weighted by Gasteiger charge is 2.38. The Hall–Kier alpha value is -3.10. The van der Waals surface area contributed by atoms with E-state index < -0.39 is 5.97 Å². The molecule has 3 aromatic rings. The summed E-state index contributed by atoms with van der Waals surface area (Å²) in [5, 5.41) is 0. The van der Waals surface area contributed by atoms with E-state index in [1.165, 1.54) is 0 Å². The number of hydrogen-bond donors (Lipinski definition) is 0. The predicted octanol–water partition coefficient (Wildman–Crippen LogP) is 6.05. The quantitative estimate of drug-likeness (QED) is 0.215. The van der Waals surface area contributed by atoms with E-state index in [1.54, 1.807) is 6.92 Å². The molecule has 30 heavy (non-hydrogen) atoms. The minimum atomic E-state index is -1.44. The largest absolute Gasteiger partial charge is 0.421 e. The molecular formula is C25H25O4P. The van der Waals surface area contributed by atoms with Gasteiger partial charge in [-0.1, -0.05) is 61.2 Å². The normalized spacial score (nSPS) is 11.2. The summed E-state index contributed by atoms with van der Waals surface area (Å²) in [4.78, 5) is 12.1. The number of carbonyl (C=O) groups is 1. The Labute approximate surface area is 179 Å². The summed E-state index contributed by atoms with van der Waals surface area (Å²) in [6, 6.07) is 28.1. The molecule has 0 spiro atoms. The van der Waals surface area contributed by atoms with Gasteiger partial charge < -0.3 is 14.2 Å². The minimum Gasteiger partial charge on any atom is -0.421 e. The van der Waals surface area contributed by atoms with E-state index in [4.69, 9.17) is 14.2 Å². The number of allylic oxidation sites excluding steroid dienone is 1. The number of benzene rings is 3. The summed E-state index contributed by atoms with van der Waals surface area (Å²) < 4.78 is 18.8. The summed E-state index contributed by atoms with van der Waals surface area (Å²) in [5.41, 5.74) is 0.596. The van der Waals surface area contributed by atoms with Crippen molar-refractivity contribution in [1.82, 2.24) is 0 Å². The van der Waals surface area contributed by atoms with Gasteiger partial charge in [0.1, 0.15) is 17.2 Å².